The number of fused-ring (bicyclic) bond motifs is 4. The highest BCUT2D eigenvalue weighted by atomic mass is 16.1. The summed E-state index contributed by atoms with van der Waals surface area (Å²) in [5.41, 5.74) is 6.36. The standard InChI is InChI=1S/C52H56N2O2/c1-33(51-27-37(49(3,4)5)23-25-39(51)29-51)53-47(43-21-13-17-35-15-9-11-19-41(35)43)45(31-55)46(32-56)48(44-22-14-18-36-16-10-12-20-42(36)44)54-34(2)52-28-38(50(6,7)8)24-26-40(52)30-52/h9-28,31-34,39-40,53-54H,29-30H2,1-8H3/b47-45-,48-46-. The van der Waals surface area contributed by atoms with Crippen molar-refractivity contribution in [2.45, 2.75) is 80.3 Å². The van der Waals surface area contributed by atoms with E-state index >= 15 is 0 Å². The highest BCUT2D eigenvalue weighted by Gasteiger charge is 2.57. The molecular weight excluding hydrogens is 685 g/mol. The van der Waals surface area contributed by atoms with Crippen molar-refractivity contribution in [1.29, 1.82) is 0 Å². The van der Waals surface area contributed by atoms with Gasteiger partial charge in [0.05, 0.1) is 22.5 Å². The number of carbonyl (C=O) groups excluding carboxylic acids is 2. The van der Waals surface area contributed by atoms with Crippen molar-refractivity contribution in [3.8, 4) is 0 Å². The van der Waals surface area contributed by atoms with Gasteiger partial charge in [0.1, 0.15) is 0 Å². The summed E-state index contributed by atoms with van der Waals surface area (Å²) in [6.07, 6.45) is 18.1. The molecule has 0 aromatic heterocycles. The highest BCUT2D eigenvalue weighted by Crippen LogP contribution is 2.62. The van der Waals surface area contributed by atoms with Crippen molar-refractivity contribution in [3.05, 3.63) is 155 Å². The van der Waals surface area contributed by atoms with Gasteiger partial charge in [0, 0.05) is 34.0 Å². The van der Waals surface area contributed by atoms with Crippen molar-refractivity contribution < 1.29 is 9.59 Å². The third-order valence-corrected chi connectivity index (χ3v) is 13.3. The Morgan fingerprint density at radius 2 is 0.964 bits per heavy atom. The molecule has 4 nitrogen and oxygen atoms in total. The average Bonchev–Trinajstić information content (AvgIpc) is 4.11. The van der Waals surface area contributed by atoms with Gasteiger partial charge in [-0.2, -0.15) is 0 Å². The zero-order chi connectivity index (χ0) is 39.6. The predicted molar refractivity (Wildman–Crippen MR) is 233 cm³/mol. The lowest BCUT2D eigenvalue weighted by Gasteiger charge is -2.33. The summed E-state index contributed by atoms with van der Waals surface area (Å²) in [7, 11) is 0. The Bertz CT molecular complexity index is 2260. The van der Waals surface area contributed by atoms with Crippen molar-refractivity contribution in [3.63, 3.8) is 0 Å². The molecule has 6 unspecified atom stereocenters. The van der Waals surface area contributed by atoms with Crippen LogP contribution in [0.4, 0.5) is 0 Å². The van der Waals surface area contributed by atoms with Crippen LogP contribution >= 0.6 is 0 Å². The number of hydrogen-bond acceptors (Lipinski definition) is 4. The van der Waals surface area contributed by atoms with Gasteiger partial charge in [0.2, 0.25) is 0 Å². The Labute approximate surface area is 333 Å². The summed E-state index contributed by atoms with van der Waals surface area (Å²) >= 11 is 0. The highest BCUT2D eigenvalue weighted by molar-refractivity contribution is 6.11. The fraction of sp³-hybridized carbons (Fsp3) is 0.346. The minimum atomic E-state index is -0.0940. The molecule has 286 valence electrons. The first kappa shape index (κ1) is 37.7. The number of allylic oxidation sites excluding steroid dienone is 8. The summed E-state index contributed by atoms with van der Waals surface area (Å²) in [6.45, 7) is 18.1. The van der Waals surface area contributed by atoms with Crippen molar-refractivity contribution in [1.82, 2.24) is 10.6 Å². The van der Waals surface area contributed by atoms with Crippen LogP contribution in [-0.4, -0.2) is 24.7 Å². The minimum absolute atomic E-state index is 0.0131. The van der Waals surface area contributed by atoms with Crippen LogP contribution in [0.15, 0.2) is 144 Å². The molecule has 0 spiro atoms. The van der Waals surface area contributed by atoms with Gasteiger partial charge in [0.25, 0.3) is 0 Å². The fourth-order valence-corrected chi connectivity index (χ4v) is 9.47. The van der Waals surface area contributed by atoms with Crippen LogP contribution in [0.2, 0.25) is 0 Å². The van der Waals surface area contributed by atoms with Crippen LogP contribution in [0, 0.1) is 33.5 Å². The first-order valence-corrected chi connectivity index (χ1v) is 20.4. The second kappa shape index (κ2) is 13.8. The SMILES string of the molecule is CC(N/C(=C(C=O)\C(C=O)=C(/NC(C)C12C=C(C(C)(C)C)C=CC1C2)c1cccc2ccccc12)c1cccc2ccccc12)C12C=C(C(C)(C)C)C=CC1C2. The third kappa shape index (κ3) is 6.51. The van der Waals surface area contributed by atoms with Gasteiger partial charge < -0.3 is 10.6 Å². The minimum Gasteiger partial charge on any atom is -0.381 e. The zero-order valence-corrected chi connectivity index (χ0v) is 34.2. The van der Waals surface area contributed by atoms with E-state index in [1.54, 1.807) is 0 Å². The van der Waals surface area contributed by atoms with Crippen molar-refractivity contribution in [2.24, 2.45) is 33.5 Å². The maximum atomic E-state index is 13.9. The van der Waals surface area contributed by atoms with Gasteiger partial charge in [-0.05, 0) is 82.0 Å². The fourth-order valence-electron chi connectivity index (χ4n) is 9.47. The summed E-state index contributed by atoms with van der Waals surface area (Å²) in [6, 6.07) is 29.0. The average molecular weight is 741 g/mol. The first-order valence-electron chi connectivity index (χ1n) is 20.4. The maximum absolute atomic E-state index is 13.9. The molecule has 4 aromatic rings. The Morgan fingerprint density at radius 1 is 0.589 bits per heavy atom. The molecule has 0 saturated heterocycles. The molecule has 0 bridgehead atoms. The predicted octanol–water partition coefficient (Wildman–Crippen LogP) is 11.6. The summed E-state index contributed by atoms with van der Waals surface area (Å²) in [5, 5.41) is 12.1. The van der Waals surface area contributed by atoms with Crippen LogP contribution < -0.4 is 10.6 Å². The lowest BCUT2D eigenvalue weighted by Crippen LogP contribution is -2.37. The number of benzene rings is 4. The normalized spacial score (nSPS) is 25.8. The van der Waals surface area contributed by atoms with Gasteiger partial charge in [-0.15, -0.1) is 0 Å². The van der Waals surface area contributed by atoms with E-state index in [9.17, 15) is 9.59 Å². The van der Waals surface area contributed by atoms with Gasteiger partial charge in [-0.3, -0.25) is 9.59 Å². The Balaban J connectivity index is 1.35. The lowest BCUT2D eigenvalue weighted by atomic mass is 9.78. The molecule has 56 heavy (non-hydrogen) atoms. The number of rotatable bonds is 11. The lowest BCUT2D eigenvalue weighted by molar-refractivity contribution is -0.107. The summed E-state index contributed by atoms with van der Waals surface area (Å²) in [5.74, 6) is 0.835. The van der Waals surface area contributed by atoms with Gasteiger partial charge in [-0.1, -0.05) is 163 Å². The molecule has 4 aromatic carbocycles. The Hall–Kier alpha value is -5.22. The number of hydrogen-bond donors (Lipinski definition) is 2. The Morgan fingerprint density at radius 3 is 1.34 bits per heavy atom. The van der Waals surface area contributed by atoms with E-state index in [2.05, 4.69) is 151 Å². The molecule has 0 heterocycles. The van der Waals surface area contributed by atoms with Crippen LogP contribution in [0.5, 0.6) is 0 Å². The number of carbonyl (C=O) groups is 2. The van der Waals surface area contributed by atoms with Crippen molar-refractivity contribution >= 4 is 45.5 Å². The van der Waals surface area contributed by atoms with Gasteiger partial charge >= 0.3 is 0 Å². The van der Waals surface area contributed by atoms with E-state index in [1.165, 1.54) is 11.1 Å². The third-order valence-electron chi connectivity index (χ3n) is 13.3. The van der Waals surface area contributed by atoms with Gasteiger partial charge in [-0.25, -0.2) is 0 Å². The van der Waals surface area contributed by atoms with Crippen LogP contribution in [-0.2, 0) is 9.59 Å². The molecule has 4 heteroatoms. The van der Waals surface area contributed by atoms with E-state index < -0.39 is 0 Å². The largest absolute Gasteiger partial charge is 0.381 e. The maximum Gasteiger partial charge on any atom is 0.152 e. The van der Waals surface area contributed by atoms with Gasteiger partial charge in [0.15, 0.2) is 12.6 Å². The molecule has 2 fully saturated rings. The molecule has 0 amide bonds. The summed E-state index contributed by atoms with van der Waals surface area (Å²) < 4.78 is 0. The smallest absolute Gasteiger partial charge is 0.152 e. The molecule has 2 N–H and O–H groups in total. The first-order chi connectivity index (χ1) is 26.7. The monoisotopic (exact) mass is 740 g/mol. The van der Waals surface area contributed by atoms with E-state index in [0.29, 0.717) is 34.4 Å². The second-order valence-corrected chi connectivity index (χ2v) is 18.9. The molecule has 0 aliphatic heterocycles. The zero-order valence-electron chi connectivity index (χ0n) is 34.2. The molecular formula is C52H56N2O2. The van der Waals surface area contributed by atoms with E-state index in [0.717, 1.165) is 58.1 Å². The van der Waals surface area contributed by atoms with Crippen LogP contribution in [0.3, 0.4) is 0 Å². The van der Waals surface area contributed by atoms with Crippen LogP contribution in [0.1, 0.15) is 79.4 Å². The Kier molecular flexibility index (Phi) is 9.26. The molecule has 4 aliphatic rings. The number of aldehydes is 2. The second-order valence-electron chi connectivity index (χ2n) is 18.9. The molecule has 2 saturated carbocycles. The molecule has 4 aliphatic carbocycles. The van der Waals surface area contributed by atoms with Crippen LogP contribution in [0.25, 0.3) is 32.9 Å². The summed E-state index contributed by atoms with van der Waals surface area (Å²) in [4.78, 5) is 27.9. The molecule has 6 atom stereocenters. The quantitative estimate of drug-likeness (QED) is 0.0913. The topological polar surface area (TPSA) is 58.2 Å². The van der Waals surface area contributed by atoms with E-state index in [1.807, 2.05) is 36.4 Å². The molecule has 8 rings (SSSR count). The molecule has 0 radical (unpaired) electrons. The van der Waals surface area contributed by atoms with E-state index in [-0.39, 0.29) is 33.7 Å². The van der Waals surface area contributed by atoms with Crippen molar-refractivity contribution in [2.75, 3.05) is 0 Å². The van der Waals surface area contributed by atoms with E-state index in [4.69, 9.17) is 0 Å². The number of nitrogens with one attached hydrogen (secondary N) is 2.